The molecule has 1 amide bonds. The molecule has 0 unspecified atom stereocenters. The predicted molar refractivity (Wildman–Crippen MR) is 112 cm³/mol. The van der Waals surface area contributed by atoms with Gasteiger partial charge in [-0.05, 0) is 61.9 Å². The number of fused-ring (bicyclic) bond motifs is 1. The Kier molecular flexibility index (Phi) is 6.97. The van der Waals surface area contributed by atoms with Gasteiger partial charge in [-0.15, -0.1) is 0 Å². The third-order valence-electron chi connectivity index (χ3n) is 5.21. The Morgan fingerprint density at radius 1 is 1.07 bits per heavy atom. The van der Waals surface area contributed by atoms with E-state index in [9.17, 15) is 14.4 Å². The van der Waals surface area contributed by atoms with Crippen molar-refractivity contribution in [1.82, 2.24) is 0 Å². The lowest BCUT2D eigenvalue weighted by Crippen LogP contribution is -2.30. The third kappa shape index (κ3) is 5.32. The fourth-order valence-corrected chi connectivity index (χ4v) is 3.50. The first kappa shape index (κ1) is 21.3. The quantitative estimate of drug-likeness (QED) is 0.556. The molecule has 0 aromatic heterocycles. The van der Waals surface area contributed by atoms with E-state index in [4.69, 9.17) is 10.00 Å². The van der Waals surface area contributed by atoms with E-state index in [0.29, 0.717) is 16.8 Å². The number of aryl methyl sites for hydroxylation is 2. The van der Waals surface area contributed by atoms with Crippen LogP contribution in [0.3, 0.4) is 0 Å². The monoisotopic (exact) mass is 404 g/mol. The van der Waals surface area contributed by atoms with E-state index in [2.05, 4.69) is 5.32 Å². The lowest BCUT2D eigenvalue weighted by Gasteiger charge is -2.16. The van der Waals surface area contributed by atoms with Gasteiger partial charge >= 0.3 is 5.97 Å². The summed E-state index contributed by atoms with van der Waals surface area (Å²) < 4.78 is 5.15. The molecule has 0 aliphatic heterocycles. The maximum absolute atomic E-state index is 12.4. The number of amides is 1. The molecular weight excluding hydrogens is 380 g/mol. The minimum atomic E-state index is -1.04. The summed E-state index contributed by atoms with van der Waals surface area (Å²) >= 11 is 0. The van der Waals surface area contributed by atoms with Gasteiger partial charge in [0.2, 0.25) is 0 Å². The number of ketones is 1. The first-order chi connectivity index (χ1) is 14.5. The van der Waals surface area contributed by atoms with Crippen molar-refractivity contribution in [2.24, 2.45) is 0 Å². The molecular formula is C24H24N2O4. The number of nitriles is 1. The largest absolute Gasteiger partial charge is 0.453 e. The number of para-hydroxylation sites is 1. The number of benzene rings is 2. The Morgan fingerprint density at radius 3 is 2.57 bits per heavy atom. The van der Waals surface area contributed by atoms with Gasteiger partial charge in [0.25, 0.3) is 5.91 Å². The number of hydrogen-bond donors (Lipinski definition) is 1. The van der Waals surface area contributed by atoms with Crippen molar-refractivity contribution >= 4 is 23.3 Å². The Morgan fingerprint density at radius 2 is 1.80 bits per heavy atom. The first-order valence-corrected chi connectivity index (χ1v) is 10.1. The number of esters is 1. The fraction of sp³-hybridized carbons (Fsp3) is 0.333. The van der Waals surface area contributed by atoms with Crippen molar-refractivity contribution in [1.29, 1.82) is 5.26 Å². The number of ether oxygens (including phenoxy) is 1. The van der Waals surface area contributed by atoms with Crippen LogP contribution in [0.5, 0.6) is 0 Å². The van der Waals surface area contributed by atoms with Crippen LogP contribution < -0.4 is 5.32 Å². The molecule has 6 heteroatoms. The maximum Gasteiger partial charge on any atom is 0.307 e. The highest BCUT2D eigenvalue weighted by molar-refractivity contribution is 5.98. The molecule has 1 atom stereocenters. The van der Waals surface area contributed by atoms with Crippen LogP contribution in [0.1, 0.15) is 59.7 Å². The van der Waals surface area contributed by atoms with Gasteiger partial charge < -0.3 is 10.1 Å². The summed E-state index contributed by atoms with van der Waals surface area (Å²) in [7, 11) is 0. The Hall–Kier alpha value is -3.46. The predicted octanol–water partition coefficient (Wildman–Crippen LogP) is 3.97. The van der Waals surface area contributed by atoms with Gasteiger partial charge in [0, 0.05) is 12.0 Å². The minimum Gasteiger partial charge on any atom is -0.453 e. The molecule has 2 aromatic rings. The number of carbonyl (C=O) groups is 3. The van der Waals surface area contributed by atoms with Crippen molar-refractivity contribution < 1.29 is 19.1 Å². The lowest BCUT2D eigenvalue weighted by molar-refractivity contribution is -0.153. The molecule has 6 nitrogen and oxygen atoms in total. The summed E-state index contributed by atoms with van der Waals surface area (Å²) in [6.07, 6.45) is 3.25. The van der Waals surface area contributed by atoms with Crippen molar-refractivity contribution in [3.8, 4) is 6.07 Å². The standard InChI is InChI=1S/C24H24N2O4/c1-16(24(29)26-21-9-5-4-8-20(21)15-25)30-23(28)13-12-22(27)19-11-10-17-6-2-3-7-18(17)14-19/h4-5,8-11,14,16H,2-3,6-7,12-13H2,1H3,(H,26,29)/t16-/m0/s1. The highest BCUT2D eigenvalue weighted by Crippen LogP contribution is 2.23. The topological polar surface area (TPSA) is 96.3 Å². The highest BCUT2D eigenvalue weighted by Gasteiger charge is 2.20. The smallest absolute Gasteiger partial charge is 0.307 e. The van der Waals surface area contributed by atoms with E-state index in [-0.39, 0.29) is 18.6 Å². The third-order valence-corrected chi connectivity index (χ3v) is 5.21. The molecule has 0 spiro atoms. The van der Waals surface area contributed by atoms with Crippen molar-refractivity contribution in [2.75, 3.05) is 5.32 Å². The van der Waals surface area contributed by atoms with Crippen molar-refractivity contribution in [2.45, 2.75) is 51.6 Å². The zero-order valence-corrected chi connectivity index (χ0v) is 16.9. The van der Waals surface area contributed by atoms with Crippen molar-refractivity contribution in [3.63, 3.8) is 0 Å². The molecule has 0 radical (unpaired) electrons. The van der Waals surface area contributed by atoms with Gasteiger partial charge in [0.05, 0.1) is 17.7 Å². The van der Waals surface area contributed by atoms with Gasteiger partial charge in [0.15, 0.2) is 11.9 Å². The molecule has 0 bridgehead atoms. The van der Waals surface area contributed by atoms with Crippen LogP contribution in [-0.4, -0.2) is 23.8 Å². The molecule has 2 aromatic carbocycles. The molecule has 154 valence electrons. The van der Waals surface area contributed by atoms with Gasteiger partial charge in [-0.1, -0.05) is 24.3 Å². The zero-order valence-electron chi connectivity index (χ0n) is 16.9. The molecule has 0 saturated heterocycles. The number of anilines is 1. The summed E-state index contributed by atoms with van der Waals surface area (Å²) in [5.74, 6) is -1.26. The Balaban J connectivity index is 1.49. The van der Waals surface area contributed by atoms with Crippen LogP contribution in [0.25, 0.3) is 0 Å². The molecule has 0 fully saturated rings. The molecule has 0 saturated carbocycles. The second-order valence-electron chi connectivity index (χ2n) is 7.39. The number of nitrogens with one attached hydrogen (secondary N) is 1. The average molecular weight is 404 g/mol. The Labute approximate surface area is 175 Å². The second kappa shape index (κ2) is 9.84. The van der Waals surface area contributed by atoms with E-state index < -0.39 is 18.0 Å². The summed E-state index contributed by atoms with van der Waals surface area (Å²) in [6, 6.07) is 14.3. The molecule has 30 heavy (non-hydrogen) atoms. The first-order valence-electron chi connectivity index (χ1n) is 10.1. The van der Waals surface area contributed by atoms with Gasteiger partial charge in [-0.3, -0.25) is 14.4 Å². The lowest BCUT2D eigenvalue weighted by atomic mass is 9.89. The highest BCUT2D eigenvalue weighted by atomic mass is 16.5. The van der Waals surface area contributed by atoms with Gasteiger partial charge in [0.1, 0.15) is 6.07 Å². The van der Waals surface area contributed by atoms with Crippen LogP contribution >= 0.6 is 0 Å². The van der Waals surface area contributed by atoms with Crippen LogP contribution in [-0.2, 0) is 27.2 Å². The average Bonchev–Trinajstić information content (AvgIpc) is 2.77. The normalized spacial score (nSPS) is 13.5. The number of carbonyl (C=O) groups excluding carboxylic acids is 3. The number of hydrogen-bond acceptors (Lipinski definition) is 5. The van der Waals surface area contributed by atoms with E-state index in [1.54, 1.807) is 24.3 Å². The Bertz CT molecular complexity index is 1010. The molecule has 1 aliphatic carbocycles. The van der Waals surface area contributed by atoms with Crippen LogP contribution in [0.2, 0.25) is 0 Å². The maximum atomic E-state index is 12.4. The van der Waals surface area contributed by atoms with Crippen molar-refractivity contribution in [3.05, 3.63) is 64.7 Å². The molecule has 0 heterocycles. The minimum absolute atomic E-state index is 0.0310. The van der Waals surface area contributed by atoms with E-state index in [1.165, 1.54) is 24.5 Å². The molecule has 3 rings (SSSR count). The van der Waals surface area contributed by atoms with Crippen LogP contribution in [0, 0.1) is 11.3 Å². The van der Waals surface area contributed by atoms with Crippen LogP contribution in [0.15, 0.2) is 42.5 Å². The summed E-state index contributed by atoms with van der Waals surface area (Å²) in [5.41, 5.74) is 3.81. The second-order valence-corrected chi connectivity index (χ2v) is 7.39. The van der Waals surface area contributed by atoms with Gasteiger partial charge in [-0.25, -0.2) is 0 Å². The van der Waals surface area contributed by atoms with E-state index >= 15 is 0 Å². The van der Waals surface area contributed by atoms with E-state index in [0.717, 1.165) is 19.3 Å². The summed E-state index contributed by atoms with van der Waals surface area (Å²) in [5, 5.41) is 11.7. The zero-order chi connectivity index (χ0) is 21.5. The summed E-state index contributed by atoms with van der Waals surface area (Å²) in [6.45, 7) is 1.45. The summed E-state index contributed by atoms with van der Waals surface area (Å²) in [4.78, 5) is 36.8. The molecule has 1 aliphatic rings. The number of Topliss-reactive ketones (excluding diaryl/α,β-unsaturated/α-hetero) is 1. The van der Waals surface area contributed by atoms with E-state index in [1.807, 2.05) is 24.3 Å². The number of rotatable bonds is 7. The van der Waals surface area contributed by atoms with Gasteiger partial charge in [-0.2, -0.15) is 5.26 Å². The molecule has 1 N–H and O–H groups in total. The fourth-order valence-electron chi connectivity index (χ4n) is 3.50. The number of nitrogens with zero attached hydrogens (tertiary/aromatic N) is 1. The van der Waals surface area contributed by atoms with Crippen LogP contribution in [0.4, 0.5) is 5.69 Å². The SMILES string of the molecule is C[C@H](OC(=O)CCC(=O)c1ccc2c(c1)CCCC2)C(=O)Nc1ccccc1C#N.